The van der Waals surface area contributed by atoms with Gasteiger partial charge in [-0.1, -0.05) is 13.8 Å². The number of imide groups is 1. The molecule has 0 saturated carbocycles. The maximum atomic E-state index is 12.8. The Balaban J connectivity index is 1.82. The number of benzene rings is 1. The molecule has 1 unspecified atom stereocenters. The topological polar surface area (TPSA) is 104 Å². The Bertz CT molecular complexity index is 813. The summed E-state index contributed by atoms with van der Waals surface area (Å²) >= 11 is 0. The summed E-state index contributed by atoms with van der Waals surface area (Å²) in [7, 11) is 0. The van der Waals surface area contributed by atoms with Crippen LogP contribution in [0.3, 0.4) is 0 Å². The number of fused-ring (bicyclic) bond motifs is 1. The van der Waals surface area contributed by atoms with Gasteiger partial charge < -0.3 is 14.7 Å². The number of nitrogens with zero attached hydrogens (tertiary/aromatic N) is 2. The van der Waals surface area contributed by atoms with Crippen LogP contribution in [0.5, 0.6) is 0 Å². The lowest BCUT2D eigenvalue weighted by Crippen LogP contribution is -2.38. The SMILES string of the molecule is CC(C)CN(CC(=O)O)C(=O)c1ccc2c(c1)C(=O)N(CC1CCCO1)C2=O. The van der Waals surface area contributed by atoms with E-state index in [1.165, 1.54) is 23.1 Å². The molecule has 1 fully saturated rings. The Labute approximate surface area is 163 Å². The predicted molar refractivity (Wildman–Crippen MR) is 99.2 cm³/mol. The van der Waals surface area contributed by atoms with Gasteiger partial charge in [-0.15, -0.1) is 0 Å². The van der Waals surface area contributed by atoms with Gasteiger partial charge in [0.05, 0.1) is 23.8 Å². The van der Waals surface area contributed by atoms with E-state index in [1.807, 2.05) is 13.8 Å². The lowest BCUT2D eigenvalue weighted by Gasteiger charge is -2.23. The van der Waals surface area contributed by atoms with Crippen LogP contribution < -0.4 is 0 Å². The molecular weight excluding hydrogens is 364 g/mol. The summed E-state index contributed by atoms with van der Waals surface area (Å²) in [5.41, 5.74) is 0.627. The normalized spacial score (nSPS) is 18.7. The van der Waals surface area contributed by atoms with Crippen molar-refractivity contribution < 1.29 is 29.0 Å². The largest absolute Gasteiger partial charge is 0.480 e. The van der Waals surface area contributed by atoms with Crippen LogP contribution in [0.2, 0.25) is 0 Å². The van der Waals surface area contributed by atoms with E-state index in [-0.39, 0.29) is 47.7 Å². The molecule has 8 nitrogen and oxygen atoms in total. The van der Waals surface area contributed by atoms with Gasteiger partial charge in [-0.2, -0.15) is 0 Å². The third-order valence-corrected chi connectivity index (χ3v) is 4.83. The zero-order chi connectivity index (χ0) is 20.4. The standard InChI is InChI=1S/C20H24N2O6/c1-12(2)9-21(11-17(23)24)18(25)13-5-6-15-16(8-13)20(27)22(19(15)26)10-14-4-3-7-28-14/h5-6,8,12,14H,3-4,7,9-11H2,1-2H3,(H,23,24). The van der Waals surface area contributed by atoms with Gasteiger partial charge in [-0.25, -0.2) is 0 Å². The van der Waals surface area contributed by atoms with Crippen LogP contribution in [0.15, 0.2) is 18.2 Å². The van der Waals surface area contributed by atoms with Gasteiger partial charge in [0.1, 0.15) is 6.54 Å². The Hall–Kier alpha value is -2.74. The molecule has 2 aliphatic heterocycles. The number of hydrogen-bond acceptors (Lipinski definition) is 5. The summed E-state index contributed by atoms with van der Waals surface area (Å²) in [6.07, 6.45) is 1.55. The number of carboxylic acids is 1. The fraction of sp³-hybridized carbons (Fsp3) is 0.500. The molecule has 0 aliphatic carbocycles. The minimum Gasteiger partial charge on any atom is -0.480 e. The second kappa shape index (κ2) is 8.10. The quantitative estimate of drug-likeness (QED) is 0.712. The molecule has 28 heavy (non-hydrogen) atoms. The van der Waals surface area contributed by atoms with Crippen molar-refractivity contribution in [2.24, 2.45) is 5.92 Å². The van der Waals surface area contributed by atoms with Crippen LogP contribution >= 0.6 is 0 Å². The first kappa shape index (κ1) is 20.0. The second-order valence-electron chi connectivity index (χ2n) is 7.59. The first-order chi connectivity index (χ1) is 13.3. The van der Waals surface area contributed by atoms with Gasteiger partial charge in [0.2, 0.25) is 0 Å². The van der Waals surface area contributed by atoms with E-state index in [0.717, 1.165) is 17.7 Å². The molecule has 1 saturated heterocycles. The van der Waals surface area contributed by atoms with Crippen LogP contribution in [0.4, 0.5) is 0 Å². The average Bonchev–Trinajstić information content (AvgIpc) is 3.23. The summed E-state index contributed by atoms with van der Waals surface area (Å²) in [6, 6.07) is 4.33. The van der Waals surface area contributed by atoms with Crippen molar-refractivity contribution in [1.29, 1.82) is 0 Å². The van der Waals surface area contributed by atoms with E-state index in [1.54, 1.807) is 0 Å². The summed E-state index contributed by atoms with van der Waals surface area (Å²) < 4.78 is 5.52. The number of carbonyl (C=O) groups is 4. The Kier molecular flexibility index (Phi) is 5.79. The average molecular weight is 388 g/mol. The van der Waals surface area contributed by atoms with Crippen molar-refractivity contribution in [3.05, 3.63) is 34.9 Å². The molecule has 2 aliphatic rings. The summed E-state index contributed by atoms with van der Waals surface area (Å²) in [6.45, 7) is 4.45. The minimum absolute atomic E-state index is 0.0860. The number of hydrogen-bond donors (Lipinski definition) is 1. The second-order valence-corrected chi connectivity index (χ2v) is 7.59. The zero-order valence-corrected chi connectivity index (χ0v) is 16.0. The van der Waals surface area contributed by atoms with Gasteiger partial charge >= 0.3 is 5.97 Å². The molecule has 8 heteroatoms. The van der Waals surface area contributed by atoms with Crippen molar-refractivity contribution in [1.82, 2.24) is 9.80 Å². The maximum absolute atomic E-state index is 12.8. The van der Waals surface area contributed by atoms with E-state index < -0.39 is 24.3 Å². The van der Waals surface area contributed by atoms with Crippen molar-refractivity contribution in [3.63, 3.8) is 0 Å². The highest BCUT2D eigenvalue weighted by molar-refractivity contribution is 6.22. The van der Waals surface area contributed by atoms with Crippen molar-refractivity contribution in [2.45, 2.75) is 32.8 Å². The molecule has 3 rings (SSSR count). The van der Waals surface area contributed by atoms with E-state index in [2.05, 4.69) is 0 Å². The first-order valence-electron chi connectivity index (χ1n) is 9.41. The molecule has 0 bridgehead atoms. The predicted octanol–water partition coefficient (Wildman–Crippen LogP) is 1.64. The Morgan fingerprint density at radius 2 is 1.96 bits per heavy atom. The third-order valence-electron chi connectivity index (χ3n) is 4.83. The molecule has 0 radical (unpaired) electrons. The molecular formula is C20H24N2O6. The number of carbonyl (C=O) groups excluding carboxylic acids is 3. The van der Waals surface area contributed by atoms with Crippen LogP contribution in [-0.2, 0) is 9.53 Å². The van der Waals surface area contributed by atoms with Gasteiger partial charge in [0.15, 0.2) is 0 Å². The third kappa shape index (κ3) is 4.06. The van der Waals surface area contributed by atoms with Crippen LogP contribution in [0, 0.1) is 5.92 Å². The minimum atomic E-state index is -1.11. The van der Waals surface area contributed by atoms with Crippen molar-refractivity contribution in [3.8, 4) is 0 Å². The van der Waals surface area contributed by atoms with Gasteiger partial charge in [0.25, 0.3) is 17.7 Å². The Morgan fingerprint density at radius 1 is 1.25 bits per heavy atom. The van der Waals surface area contributed by atoms with Gasteiger partial charge in [-0.3, -0.25) is 24.1 Å². The highest BCUT2D eigenvalue weighted by Gasteiger charge is 2.38. The summed E-state index contributed by atoms with van der Waals surface area (Å²) in [5, 5.41) is 9.08. The van der Waals surface area contributed by atoms with Crippen LogP contribution in [0.1, 0.15) is 57.8 Å². The lowest BCUT2D eigenvalue weighted by atomic mass is 10.0. The highest BCUT2D eigenvalue weighted by atomic mass is 16.5. The molecule has 2 heterocycles. The van der Waals surface area contributed by atoms with E-state index in [9.17, 15) is 19.2 Å². The molecule has 1 aromatic carbocycles. The molecule has 1 aromatic rings. The smallest absolute Gasteiger partial charge is 0.323 e. The van der Waals surface area contributed by atoms with Crippen molar-refractivity contribution >= 4 is 23.7 Å². The van der Waals surface area contributed by atoms with Crippen molar-refractivity contribution in [2.75, 3.05) is 26.2 Å². The summed E-state index contributed by atoms with van der Waals surface area (Å²) in [5.74, 6) is -2.33. The molecule has 150 valence electrons. The zero-order valence-electron chi connectivity index (χ0n) is 16.0. The highest BCUT2D eigenvalue weighted by Crippen LogP contribution is 2.26. The summed E-state index contributed by atoms with van der Waals surface area (Å²) in [4.78, 5) is 51.6. The van der Waals surface area contributed by atoms with Crippen LogP contribution in [0.25, 0.3) is 0 Å². The lowest BCUT2D eigenvalue weighted by molar-refractivity contribution is -0.137. The number of ether oxygens (including phenoxy) is 1. The Morgan fingerprint density at radius 3 is 2.57 bits per heavy atom. The number of aliphatic carboxylic acids is 1. The molecule has 3 amide bonds. The first-order valence-corrected chi connectivity index (χ1v) is 9.41. The number of carboxylic acid groups (broad SMARTS) is 1. The number of amides is 3. The maximum Gasteiger partial charge on any atom is 0.323 e. The number of rotatable bonds is 7. The van der Waals surface area contributed by atoms with E-state index >= 15 is 0 Å². The van der Waals surface area contributed by atoms with E-state index in [0.29, 0.717) is 6.61 Å². The molecule has 0 aromatic heterocycles. The fourth-order valence-corrected chi connectivity index (χ4v) is 3.59. The molecule has 0 spiro atoms. The molecule has 1 atom stereocenters. The van der Waals surface area contributed by atoms with E-state index in [4.69, 9.17) is 9.84 Å². The van der Waals surface area contributed by atoms with Gasteiger partial charge in [0, 0.05) is 18.7 Å². The molecule has 1 N–H and O–H groups in total. The van der Waals surface area contributed by atoms with Crippen LogP contribution in [-0.4, -0.2) is 70.9 Å². The monoisotopic (exact) mass is 388 g/mol. The van der Waals surface area contributed by atoms with Gasteiger partial charge in [-0.05, 0) is 37.0 Å². The fourth-order valence-electron chi connectivity index (χ4n) is 3.59.